The molecular formula is C20H25NO3. The molecule has 2 aliphatic rings. The molecule has 1 N–H and O–H groups in total. The minimum atomic E-state index is -0.230. The highest BCUT2D eigenvalue weighted by molar-refractivity contribution is 5.90. The van der Waals surface area contributed by atoms with Gasteiger partial charge in [-0.1, -0.05) is 6.92 Å². The van der Waals surface area contributed by atoms with Crippen LogP contribution in [0, 0.1) is 12.8 Å². The van der Waals surface area contributed by atoms with Gasteiger partial charge in [0.2, 0.25) is 0 Å². The zero-order valence-electron chi connectivity index (χ0n) is 14.5. The number of benzene rings is 1. The van der Waals surface area contributed by atoms with E-state index in [0.29, 0.717) is 11.3 Å². The number of nitrogens with zero attached hydrogens (tertiary/aromatic N) is 1. The fourth-order valence-corrected chi connectivity index (χ4v) is 4.23. The summed E-state index contributed by atoms with van der Waals surface area (Å²) in [6.45, 7) is 7.24. The van der Waals surface area contributed by atoms with Gasteiger partial charge >= 0.3 is 5.63 Å². The molecule has 0 unspecified atom stereocenters. The lowest BCUT2D eigenvalue weighted by Crippen LogP contribution is -2.32. The standard InChI is InChI=1S/C20H25NO3/c1-12-6-8-21(9-7-12)11-16-13(2)10-17-18(19(16)22)14-4-3-5-15(14)20(23)24-17/h10,12,22H,3-9,11H2,1-2H3. The molecule has 0 spiro atoms. The molecule has 0 amide bonds. The monoisotopic (exact) mass is 327 g/mol. The topological polar surface area (TPSA) is 53.7 Å². The van der Waals surface area contributed by atoms with Crippen molar-refractivity contribution in [3.8, 4) is 5.75 Å². The third-order valence-electron chi connectivity index (χ3n) is 5.82. The van der Waals surface area contributed by atoms with Gasteiger partial charge in [0.15, 0.2) is 0 Å². The average Bonchev–Trinajstić information content (AvgIpc) is 3.03. The highest BCUT2D eigenvalue weighted by atomic mass is 16.4. The Labute approximate surface area is 142 Å². The van der Waals surface area contributed by atoms with Crippen molar-refractivity contribution in [1.29, 1.82) is 0 Å². The van der Waals surface area contributed by atoms with E-state index < -0.39 is 0 Å². The van der Waals surface area contributed by atoms with Crippen molar-refractivity contribution in [1.82, 2.24) is 4.90 Å². The molecule has 1 fully saturated rings. The number of fused-ring (bicyclic) bond motifs is 3. The number of likely N-dealkylation sites (tertiary alicyclic amines) is 1. The molecule has 1 aromatic heterocycles. The summed E-state index contributed by atoms with van der Waals surface area (Å²) in [7, 11) is 0. The molecule has 1 aliphatic carbocycles. The van der Waals surface area contributed by atoms with Crippen molar-refractivity contribution in [2.24, 2.45) is 5.92 Å². The largest absolute Gasteiger partial charge is 0.507 e. The summed E-state index contributed by atoms with van der Waals surface area (Å²) in [5.41, 5.74) is 4.06. The first-order chi connectivity index (χ1) is 11.5. The molecule has 0 radical (unpaired) electrons. The van der Waals surface area contributed by atoms with Gasteiger partial charge in [-0.3, -0.25) is 4.90 Å². The molecule has 4 heteroatoms. The average molecular weight is 327 g/mol. The molecular weight excluding hydrogens is 302 g/mol. The maximum absolute atomic E-state index is 12.1. The number of hydrogen-bond acceptors (Lipinski definition) is 4. The van der Waals surface area contributed by atoms with Crippen LogP contribution in [0.5, 0.6) is 5.75 Å². The number of rotatable bonds is 2. The third-order valence-corrected chi connectivity index (χ3v) is 5.82. The number of phenols is 1. The summed E-state index contributed by atoms with van der Waals surface area (Å²) < 4.78 is 5.50. The lowest BCUT2D eigenvalue weighted by molar-refractivity contribution is 0.183. The van der Waals surface area contributed by atoms with Crippen molar-refractivity contribution in [3.63, 3.8) is 0 Å². The molecule has 0 saturated carbocycles. The fourth-order valence-electron chi connectivity index (χ4n) is 4.23. The second-order valence-electron chi connectivity index (χ2n) is 7.55. The molecule has 1 aromatic carbocycles. The maximum atomic E-state index is 12.1. The van der Waals surface area contributed by atoms with Gasteiger partial charge in [-0.2, -0.15) is 0 Å². The van der Waals surface area contributed by atoms with Gasteiger partial charge < -0.3 is 9.52 Å². The number of piperidine rings is 1. The third kappa shape index (κ3) is 2.53. The van der Waals surface area contributed by atoms with Crippen molar-refractivity contribution < 1.29 is 9.52 Å². The molecule has 1 saturated heterocycles. The highest BCUT2D eigenvalue weighted by Crippen LogP contribution is 2.38. The summed E-state index contributed by atoms with van der Waals surface area (Å²) in [6.07, 6.45) is 5.02. The summed E-state index contributed by atoms with van der Waals surface area (Å²) in [6, 6.07) is 1.93. The summed E-state index contributed by atoms with van der Waals surface area (Å²) >= 11 is 0. The molecule has 0 bridgehead atoms. The predicted octanol–water partition coefficient (Wildman–Crippen LogP) is 3.53. The van der Waals surface area contributed by atoms with Crippen molar-refractivity contribution in [2.45, 2.75) is 52.5 Å². The first kappa shape index (κ1) is 15.7. The molecule has 1 aliphatic heterocycles. The molecule has 0 atom stereocenters. The van der Waals surface area contributed by atoms with E-state index in [2.05, 4.69) is 11.8 Å². The lowest BCUT2D eigenvalue weighted by atomic mass is 9.96. The molecule has 2 aromatic rings. The SMILES string of the molecule is Cc1cc2oc(=O)c3c(c2c(O)c1CN1CCC(C)CC1)CCC3. The highest BCUT2D eigenvalue weighted by Gasteiger charge is 2.25. The fraction of sp³-hybridized carbons (Fsp3) is 0.550. The Bertz CT molecular complexity index is 844. The summed E-state index contributed by atoms with van der Waals surface area (Å²) in [5.74, 6) is 1.12. The Morgan fingerprint density at radius 3 is 2.71 bits per heavy atom. The lowest BCUT2D eigenvalue weighted by Gasteiger charge is -2.31. The van der Waals surface area contributed by atoms with Crippen molar-refractivity contribution >= 4 is 11.0 Å². The van der Waals surface area contributed by atoms with Crippen LogP contribution in [0.25, 0.3) is 11.0 Å². The van der Waals surface area contributed by atoms with Gasteiger partial charge in [0.25, 0.3) is 0 Å². The van der Waals surface area contributed by atoms with Crippen LogP contribution in [-0.2, 0) is 19.4 Å². The van der Waals surface area contributed by atoms with Gasteiger partial charge in [-0.15, -0.1) is 0 Å². The Kier molecular flexibility index (Phi) is 3.87. The van der Waals surface area contributed by atoms with Gasteiger partial charge in [-0.25, -0.2) is 4.79 Å². The second kappa shape index (κ2) is 5.92. The van der Waals surface area contributed by atoms with Crippen LogP contribution >= 0.6 is 0 Å². The number of aromatic hydroxyl groups is 1. The van der Waals surface area contributed by atoms with Crippen LogP contribution < -0.4 is 5.63 Å². The van der Waals surface area contributed by atoms with Crippen molar-refractivity contribution in [3.05, 3.63) is 38.7 Å². The van der Waals surface area contributed by atoms with Crippen LogP contribution in [0.1, 0.15) is 48.4 Å². The van der Waals surface area contributed by atoms with Crippen LogP contribution in [-0.4, -0.2) is 23.1 Å². The smallest absolute Gasteiger partial charge is 0.339 e. The molecule has 128 valence electrons. The molecule has 4 rings (SSSR count). The van der Waals surface area contributed by atoms with Gasteiger partial charge in [-0.05, 0) is 75.2 Å². The number of aryl methyl sites for hydroxylation is 2. The maximum Gasteiger partial charge on any atom is 0.339 e. The minimum Gasteiger partial charge on any atom is -0.507 e. The molecule has 2 heterocycles. The molecule has 24 heavy (non-hydrogen) atoms. The van der Waals surface area contributed by atoms with Crippen LogP contribution in [0.4, 0.5) is 0 Å². The van der Waals surface area contributed by atoms with Crippen molar-refractivity contribution in [2.75, 3.05) is 13.1 Å². The number of phenolic OH excluding ortho intramolecular Hbond substituents is 1. The first-order valence-corrected chi connectivity index (χ1v) is 9.07. The minimum absolute atomic E-state index is 0.230. The Hall–Kier alpha value is -1.81. The zero-order chi connectivity index (χ0) is 16.8. The predicted molar refractivity (Wildman–Crippen MR) is 94.6 cm³/mol. The van der Waals surface area contributed by atoms with Crippen LogP contribution in [0.3, 0.4) is 0 Å². The van der Waals surface area contributed by atoms with E-state index in [9.17, 15) is 9.90 Å². The Morgan fingerprint density at radius 1 is 1.25 bits per heavy atom. The second-order valence-corrected chi connectivity index (χ2v) is 7.55. The number of hydrogen-bond donors (Lipinski definition) is 1. The van der Waals surface area contributed by atoms with E-state index in [1.54, 1.807) is 0 Å². The summed E-state index contributed by atoms with van der Waals surface area (Å²) in [5, 5.41) is 11.8. The van der Waals surface area contributed by atoms with Gasteiger partial charge in [0, 0.05) is 17.7 Å². The zero-order valence-corrected chi connectivity index (χ0v) is 14.5. The van der Waals surface area contributed by atoms with Gasteiger partial charge in [0.05, 0.1) is 5.39 Å². The van der Waals surface area contributed by atoms with E-state index in [0.717, 1.165) is 72.5 Å². The van der Waals surface area contributed by atoms with E-state index >= 15 is 0 Å². The van der Waals surface area contributed by atoms with E-state index in [1.807, 2.05) is 13.0 Å². The van der Waals surface area contributed by atoms with E-state index in [1.165, 1.54) is 12.8 Å². The normalized spacial score (nSPS) is 19.1. The first-order valence-electron chi connectivity index (χ1n) is 9.07. The van der Waals surface area contributed by atoms with Crippen LogP contribution in [0.2, 0.25) is 0 Å². The van der Waals surface area contributed by atoms with Crippen LogP contribution in [0.15, 0.2) is 15.3 Å². The Morgan fingerprint density at radius 2 is 1.96 bits per heavy atom. The summed E-state index contributed by atoms with van der Waals surface area (Å²) in [4.78, 5) is 14.5. The molecule has 4 nitrogen and oxygen atoms in total. The van der Waals surface area contributed by atoms with E-state index in [4.69, 9.17) is 4.42 Å². The van der Waals surface area contributed by atoms with E-state index in [-0.39, 0.29) is 5.63 Å². The Balaban J connectivity index is 1.79. The quantitative estimate of drug-likeness (QED) is 0.858. The van der Waals surface area contributed by atoms with Gasteiger partial charge in [0.1, 0.15) is 11.3 Å².